The van der Waals surface area contributed by atoms with Crippen LogP contribution in [-0.4, -0.2) is 25.8 Å². The summed E-state index contributed by atoms with van der Waals surface area (Å²) < 4.78 is 9.94. The van der Waals surface area contributed by atoms with Crippen LogP contribution in [-0.2, 0) is 14.3 Å². The van der Waals surface area contributed by atoms with Gasteiger partial charge < -0.3 is 9.47 Å². The lowest BCUT2D eigenvalue weighted by atomic mass is 10.0. The molecule has 1 aliphatic rings. The lowest BCUT2D eigenvalue weighted by molar-refractivity contribution is -0.133. The minimum Gasteiger partial charge on any atom is -0.459 e. The molecule has 0 heterocycles. The fourth-order valence-electron chi connectivity index (χ4n) is 1.58. The van der Waals surface area contributed by atoms with Crippen molar-refractivity contribution in [3.8, 4) is 11.8 Å². The van der Waals surface area contributed by atoms with Crippen LogP contribution < -0.4 is 0 Å². The van der Waals surface area contributed by atoms with Crippen molar-refractivity contribution in [3.05, 3.63) is 12.2 Å². The number of carbonyl (C=O) groups excluding carboxylic acids is 1. The standard InChI is InChI=1S/C13H18O3/c1-15-13(14)10-7-11-16-12-8-5-3-2-4-6-9-12/h5,8,12H,2-4,6,9,11H2,1H3/b8-5-. The highest BCUT2D eigenvalue weighted by Gasteiger charge is 2.05. The van der Waals surface area contributed by atoms with Crippen LogP contribution in [0.4, 0.5) is 0 Å². The SMILES string of the molecule is COC(=O)C#CCOC1/C=C\CCCCC1. The zero-order chi connectivity index (χ0) is 11.6. The molecule has 0 spiro atoms. The Bertz CT molecular complexity index is 296. The molecule has 0 aliphatic heterocycles. The quantitative estimate of drug-likeness (QED) is 0.310. The smallest absolute Gasteiger partial charge is 0.384 e. The summed E-state index contributed by atoms with van der Waals surface area (Å²) in [6, 6.07) is 0. The van der Waals surface area contributed by atoms with Crippen molar-refractivity contribution in [2.24, 2.45) is 0 Å². The molecular formula is C13H18O3. The van der Waals surface area contributed by atoms with E-state index in [9.17, 15) is 4.79 Å². The van der Waals surface area contributed by atoms with E-state index >= 15 is 0 Å². The van der Waals surface area contributed by atoms with Crippen LogP contribution in [0.15, 0.2) is 12.2 Å². The number of methoxy groups -OCH3 is 1. The van der Waals surface area contributed by atoms with E-state index in [2.05, 4.69) is 28.7 Å². The molecule has 0 aromatic carbocycles. The number of rotatable bonds is 2. The van der Waals surface area contributed by atoms with Crippen molar-refractivity contribution in [1.29, 1.82) is 0 Å². The van der Waals surface area contributed by atoms with E-state index in [-0.39, 0.29) is 12.7 Å². The summed E-state index contributed by atoms with van der Waals surface area (Å²) in [5, 5.41) is 0. The van der Waals surface area contributed by atoms with E-state index < -0.39 is 5.97 Å². The summed E-state index contributed by atoms with van der Waals surface area (Å²) in [6.07, 6.45) is 10.3. The first-order valence-electron chi connectivity index (χ1n) is 5.68. The number of hydrogen-bond acceptors (Lipinski definition) is 3. The number of allylic oxidation sites excluding steroid dienone is 1. The van der Waals surface area contributed by atoms with Gasteiger partial charge >= 0.3 is 5.97 Å². The first-order chi connectivity index (χ1) is 7.83. The van der Waals surface area contributed by atoms with Crippen LogP contribution in [0.5, 0.6) is 0 Å². The van der Waals surface area contributed by atoms with E-state index in [0.29, 0.717) is 0 Å². The second-order valence-corrected chi connectivity index (χ2v) is 3.71. The Morgan fingerprint density at radius 1 is 1.44 bits per heavy atom. The molecule has 3 nitrogen and oxygen atoms in total. The van der Waals surface area contributed by atoms with Crippen LogP contribution in [0.2, 0.25) is 0 Å². The van der Waals surface area contributed by atoms with Gasteiger partial charge in [0.15, 0.2) is 0 Å². The molecule has 0 bridgehead atoms. The molecule has 0 aromatic rings. The maximum absolute atomic E-state index is 10.7. The number of esters is 1. The zero-order valence-electron chi connectivity index (χ0n) is 9.70. The largest absolute Gasteiger partial charge is 0.459 e. The highest BCUT2D eigenvalue weighted by Crippen LogP contribution is 2.13. The molecule has 0 saturated carbocycles. The third-order valence-electron chi connectivity index (χ3n) is 2.46. The molecule has 0 N–H and O–H groups in total. The maximum atomic E-state index is 10.7. The van der Waals surface area contributed by atoms with Crippen LogP contribution in [0, 0.1) is 11.8 Å². The third kappa shape index (κ3) is 5.57. The maximum Gasteiger partial charge on any atom is 0.384 e. The van der Waals surface area contributed by atoms with Crippen molar-refractivity contribution in [2.45, 2.75) is 38.2 Å². The summed E-state index contributed by atoms with van der Waals surface area (Å²) in [6.45, 7) is 0.282. The molecule has 1 rings (SSSR count). The first-order valence-corrected chi connectivity index (χ1v) is 5.68. The topological polar surface area (TPSA) is 35.5 Å². The molecule has 88 valence electrons. The normalized spacial score (nSPS) is 22.2. The number of ether oxygens (including phenoxy) is 2. The summed E-state index contributed by atoms with van der Waals surface area (Å²) in [7, 11) is 1.31. The van der Waals surface area contributed by atoms with Gasteiger partial charge in [0.25, 0.3) is 0 Å². The minimum absolute atomic E-state index is 0.146. The van der Waals surface area contributed by atoms with Crippen LogP contribution >= 0.6 is 0 Å². The van der Waals surface area contributed by atoms with Gasteiger partial charge in [-0.2, -0.15) is 0 Å². The Morgan fingerprint density at radius 3 is 3.12 bits per heavy atom. The van der Waals surface area contributed by atoms with Crippen molar-refractivity contribution in [3.63, 3.8) is 0 Å². The van der Waals surface area contributed by atoms with Crippen molar-refractivity contribution in [1.82, 2.24) is 0 Å². The summed E-state index contributed by atoms with van der Waals surface area (Å²) >= 11 is 0. The second kappa shape index (κ2) is 7.95. The monoisotopic (exact) mass is 222 g/mol. The average Bonchev–Trinajstić information content (AvgIpc) is 2.26. The van der Waals surface area contributed by atoms with E-state index in [4.69, 9.17) is 4.74 Å². The third-order valence-corrected chi connectivity index (χ3v) is 2.46. The summed E-state index contributed by atoms with van der Waals surface area (Å²) in [5.41, 5.74) is 0. The van der Waals surface area contributed by atoms with Crippen LogP contribution in [0.3, 0.4) is 0 Å². The van der Waals surface area contributed by atoms with Crippen molar-refractivity contribution in [2.75, 3.05) is 13.7 Å². The van der Waals surface area contributed by atoms with Crippen molar-refractivity contribution < 1.29 is 14.3 Å². The molecule has 1 aliphatic carbocycles. The van der Waals surface area contributed by atoms with Gasteiger partial charge in [-0.25, -0.2) is 4.79 Å². The predicted molar refractivity (Wildman–Crippen MR) is 61.8 cm³/mol. The van der Waals surface area contributed by atoms with Gasteiger partial charge in [0.2, 0.25) is 0 Å². The fourth-order valence-corrected chi connectivity index (χ4v) is 1.58. The highest BCUT2D eigenvalue weighted by molar-refractivity contribution is 5.88. The molecule has 0 saturated heterocycles. The van der Waals surface area contributed by atoms with Crippen LogP contribution in [0.1, 0.15) is 32.1 Å². The van der Waals surface area contributed by atoms with E-state index in [0.717, 1.165) is 12.8 Å². The lowest BCUT2D eigenvalue weighted by Crippen LogP contribution is -2.11. The first kappa shape index (κ1) is 12.8. The Hall–Kier alpha value is -1.27. The molecule has 16 heavy (non-hydrogen) atoms. The fraction of sp³-hybridized carbons (Fsp3) is 0.615. The Morgan fingerprint density at radius 2 is 2.31 bits per heavy atom. The Balaban J connectivity index is 2.26. The van der Waals surface area contributed by atoms with Crippen molar-refractivity contribution >= 4 is 5.97 Å². The molecule has 0 radical (unpaired) electrons. The zero-order valence-corrected chi connectivity index (χ0v) is 9.70. The number of carbonyl (C=O) groups is 1. The molecule has 1 atom stereocenters. The van der Waals surface area contributed by atoms with Gasteiger partial charge in [-0.15, -0.1) is 0 Å². The molecule has 0 amide bonds. The minimum atomic E-state index is -0.517. The van der Waals surface area contributed by atoms with Gasteiger partial charge in [-0.05, 0) is 19.3 Å². The summed E-state index contributed by atoms with van der Waals surface area (Å²) in [5.74, 6) is 4.46. The van der Waals surface area contributed by atoms with Gasteiger partial charge in [0, 0.05) is 5.92 Å². The lowest BCUT2D eigenvalue weighted by Gasteiger charge is -2.14. The van der Waals surface area contributed by atoms with Gasteiger partial charge in [0.1, 0.15) is 6.61 Å². The highest BCUT2D eigenvalue weighted by atomic mass is 16.5. The predicted octanol–water partition coefficient (Wildman–Crippen LogP) is 2.07. The Labute approximate surface area is 96.8 Å². The van der Waals surface area contributed by atoms with Crippen LogP contribution in [0.25, 0.3) is 0 Å². The molecular weight excluding hydrogens is 204 g/mol. The van der Waals surface area contributed by atoms with Gasteiger partial charge in [0.05, 0.1) is 13.2 Å². The Kier molecular flexibility index (Phi) is 6.36. The van der Waals surface area contributed by atoms with Gasteiger partial charge in [-0.1, -0.05) is 30.9 Å². The van der Waals surface area contributed by atoms with E-state index in [1.807, 2.05) is 0 Å². The van der Waals surface area contributed by atoms with E-state index in [1.165, 1.54) is 26.4 Å². The molecule has 0 fully saturated rings. The average molecular weight is 222 g/mol. The van der Waals surface area contributed by atoms with E-state index in [1.54, 1.807) is 0 Å². The second-order valence-electron chi connectivity index (χ2n) is 3.71. The molecule has 3 heteroatoms. The number of hydrogen-bond donors (Lipinski definition) is 0. The van der Waals surface area contributed by atoms with Gasteiger partial charge in [-0.3, -0.25) is 0 Å². The summed E-state index contributed by atoms with van der Waals surface area (Å²) in [4.78, 5) is 10.7. The molecule has 1 unspecified atom stereocenters. The molecule has 0 aromatic heterocycles.